The largest absolute Gasteiger partial charge is 0.421 e. The third-order valence-electron chi connectivity index (χ3n) is 1.59. The molecule has 0 radical (unpaired) electrons. The quantitative estimate of drug-likeness (QED) is 0.314. The van der Waals surface area contributed by atoms with Gasteiger partial charge >= 0.3 is 0 Å². The fraction of sp³-hybridized carbons (Fsp3) is 0.143. The maximum Gasteiger partial charge on any atom is 0.200 e. The Morgan fingerprint density at radius 2 is 1.14 bits per heavy atom. The van der Waals surface area contributed by atoms with E-state index >= 15 is 0 Å². The van der Waals surface area contributed by atoms with Crippen molar-refractivity contribution in [2.75, 3.05) is 7.11 Å². The highest BCUT2D eigenvalue weighted by atomic mass is 28.2. The van der Waals surface area contributed by atoms with Crippen LogP contribution in [0.2, 0.25) is 0 Å². The first-order chi connectivity index (χ1) is 6.50. The van der Waals surface area contributed by atoms with Crippen LogP contribution in [0.3, 0.4) is 0 Å². The van der Waals surface area contributed by atoms with E-state index in [9.17, 15) is 22.0 Å². The Kier molecular flexibility index (Phi) is 3.22. The molecule has 0 saturated carbocycles. The second kappa shape index (κ2) is 4.05. The molecule has 0 aliphatic rings. The smallest absolute Gasteiger partial charge is 0.200 e. The molecule has 0 fully saturated rings. The van der Waals surface area contributed by atoms with Crippen LogP contribution in [0.5, 0.6) is 0 Å². The van der Waals surface area contributed by atoms with Crippen molar-refractivity contribution < 1.29 is 26.4 Å². The van der Waals surface area contributed by atoms with Gasteiger partial charge in [0.25, 0.3) is 0 Å². The van der Waals surface area contributed by atoms with Gasteiger partial charge in [0.15, 0.2) is 33.0 Å². The fourth-order valence-electron chi connectivity index (χ4n) is 0.921. The summed E-state index contributed by atoms with van der Waals surface area (Å²) in [5.41, 5.74) is 0. The third-order valence-corrected chi connectivity index (χ3v) is 2.79. The van der Waals surface area contributed by atoms with Crippen molar-refractivity contribution in [3.05, 3.63) is 29.1 Å². The van der Waals surface area contributed by atoms with E-state index in [1.165, 1.54) is 0 Å². The molecule has 7 heteroatoms. The molecule has 0 aliphatic carbocycles. The van der Waals surface area contributed by atoms with Crippen LogP contribution in [0.25, 0.3) is 0 Å². The minimum Gasteiger partial charge on any atom is -0.421 e. The Labute approximate surface area is 78.4 Å². The number of benzene rings is 1. The standard InChI is InChI=1S/C7H5F5OSi/c1-13-14-7-5(11)3(9)2(8)4(10)6(7)12/h14H2,1H3. The van der Waals surface area contributed by atoms with Gasteiger partial charge in [-0.25, -0.2) is 22.0 Å². The van der Waals surface area contributed by atoms with Gasteiger partial charge in [-0.05, 0) is 0 Å². The van der Waals surface area contributed by atoms with Crippen molar-refractivity contribution in [1.29, 1.82) is 0 Å². The SMILES string of the molecule is CO[SiH2]c1c(F)c(F)c(F)c(F)c1F. The lowest BCUT2D eigenvalue weighted by Crippen LogP contribution is -2.28. The molecule has 14 heavy (non-hydrogen) atoms. The number of halogens is 5. The molecule has 0 amide bonds. The second-order valence-electron chi connectivity index (χ2n) is 2.48. The molecule has 1 nitrogen and oxygen atoms in total. The lowest BCUT2D eigenvalue weighted by molar-refractivity contribution is 0.380. The molecule has 78 valence electrons. The van der Waals surface area contributed by atoms with Crippen molar-refractivity contribution in [3.63, 3.8) is 0 Å². The van der Waals surface area contributed by atoms with Gasteiger partial charge in [0.2, 0.25) is 5.82 Å². The monoisotopic (exact) mass is 228 g/mol. The second-order valence-corrected chi connectivity index (χ2v) is 4.05. The maximum atomic E-state index is 12.8. The van der Waals surface area contributed by atoms with E-state index in [0.717, 1.165) is 7.11 Å². The van der Waals surface area contributed by atoms with Crippen LogP contribution in [0.15, 0.2) is 0 Å². The molecule has 1 aromatic rings. The molecule has 0 unspecified atom stereocenters. The van der Waals surface area contributed by atoms with Crippen LogP contribution in [-0.4, -0.2) is 16.9 Å². The van der Waals surface area contributed by atoms with Gasteiger partial charge in [-0.15, -0.1) is 0 Å². The summed E-state index contributed by atoms with van der Waals surface area (Å²) in [5.74, 6) is -9.59. The Hall–Kier alpha value is -0.953. The van der Waals surface area contributed by atoms with E-state index in [2.05, 4.69) is 4.43 Å². The van der Waals surface area contributed by atoms with Gasteiger partial charge in [0.05, 0.1) is 0 Å². The van der Waals surface area contributed by atoms with Crippen molar-refractivity contribution in [2.45, 2.75) is 0 Å². The molecular formula is C7H5F5OSi. The predicted octanol–water partition coefficient (Wildman–Crippen LogP) is 0.738. The summed E-state index contributed by atoms with van der Waals surface area (Å²) in [5, 5.41) is -0.830. The summed E-state index contributed by atoms with van der Waals surface area (Å²) < 4.78 is 67.6. The van der Waals surface area contributed by atoms with E-state index < -0.39 is 44.0 Å². The van der Waals surface area contributed by atoms with Gasteiger partial charge in [0.1, 0.15) is 0 Å². The molecule has 0 aliphatic heterocycles. The Morgan fingerprint density at radius 1 is 0.786 bits per heavy atom. The van der Waals surface area contributed by atoms with Crippen molar-refractivity contribution in [1.82, 2.24) is 0 Å². The molecule has 0 spiro atoms. The Bertz CT molecular complexity index is 339. The van der Waals surface area contributed by atoms with Crippen LogP contribution in [0, 0.1) is 29.1 Å². The number of rotatable bonds is 2. The van der Waals surface area contributed by atoms with Gasteiger partial charge in [-0.3, -0.25) is 0 Å². The lowest BCUT2D eigenvalue weighted by atomic mass is 10.3. The summed E-state index contributed by atoms with van der Waals surface area (Å²) in [4.78, 5) is 0. The lowest BCUT2D eigenvalue weighted by Gasteiger charge is -2.05. The zero-order valence-electron chi connectivity index (χ0n) is 7.01. The Morgan fingerprint density at radius 3 is 1.50 bits per heavy atom. The molecule has 1 rings (SSSR count). The average Bonchev–Trinajstić information content (AvgIpc) is 2.19. The van der Waals surface area contributed by atoms with Crippen LogP contribution in [0.4, 0.5) is 22.0 Å². The fourth-order valence-corrected chi connectivity index (χ4v) is 1.77. The highest BCUT2D eigenvalue weighted by molar-refractivity contribution is 6.47. The first kappa shape index (κ1) is 11.1. The van der Waals surface area contributed by atoms with Crippen LogP contribution in [0.1, 0.15) is 0 Å². The van der Waals surface area contributed by atoms with Gasteiger partial charge in [-0.1, -0.05) is 0 Å². The molecule has 0 bridgehead atoms. The van der Waals surface area contributed by atoms with Crippen LogP contribution >= 0.6 is 0 Å². The van der Waals surface area contributed by atoms with E-state index in [4.69, 9.17) is 0 Å². The summed E-state index contributed by atoms with van der Waals surface area (Å²) in [6.45, 7) is 0. The van der Waals surface area contributed by atoms with E-state index in [1.807, 2.05) is 0 Å². The summed E-state index contributed by atoms with van der Waals surface area (Å²) >= 11 is 0. The number of hydrogen-bond acceptors (Lipinski definition) is 1. The van der Waals surface area contributed by atoms with Gasteiger partial charge < -0.3 is 4.43 Å². The molecule has 0 aromatic heterocycles. The minimum absolute atomic E-state index is 0.830. The van der Waals surface area contributed by atoms with Gasteiger partial charge in [-0.2, -0.15) is 0 Å². The van der Waals surface area contributed by atoms with Gasteiger partial charge in [0, 0.05) is 12.3 Å². The van der Waals surface area contributed by atoms with Crippen molar-refractivity contribution >= 4 is 14.9 Å². The first-order valence-electron chi connectivity index (χ1n) is 3.50. The van der Waals surface area contributed by atoms with Crippen molar-refractivity contribution in [3.8, 4) is 0 Å². The van der Waals surface area contributed by atoms with Crippen LogP contribution in [-0.2, 0) is 4.43 Å². The topological polar surface area (TPSA) is 9.23 Å². The highest BCUT2D eigenvalue weighted by Crippen LogP contribution is 2.15. The molecule has 0 N–H and O–H groups in total. The normalized spacial score (nSPS) is 11.6. The number of hydrogen-bond donors (Lipinski definition) is 0. The summed E-state index contributed by atoms with van der Waals surface area (Å²) in [7, 11) is -0.771. The minimum atomic E-state index is -2.14. The highest BCUT2D eigenvalue weighted by Gasteiger charge is 2.25. The molecular weight excluding hydrogens is 223 g/mol. The maximum absolute atomic E-state index is 12.8. The molecule has 1 aromatic carbocycles. The molecule has 0 heterocycles. The van der Waals surface area contributed by atoms with Crippen LogP contribution < -0.4 is 5.19 Å². The third kappa shape index (κ3) is 1.64. The first-order valence-corrected chi connectivity index (χ1v) is 4.78. The zero-order valence-corrected chi connectivity index (χ0v) is 8.42. The summed E-state index contributed by atoms with van der Waals surface area (Å²) in [6.07, 6.45) is 0. The zero-order chi connectivity index (χ0) is 10.9. The average molecular weight is 228 g/mol. The van der Waals surface area contributed by atoms with Crippen molar-refractivity contribution in [2.24, 2.45) is 0 Å². The molecule has 0 atom stereocenters. The summed E-state index contributed by atoms with van der Waals surface area (Å²) in [6, 6.07) is 0. The predicted molar refractivity (Wildman–Crippen MR) is 41.4 cm³/mol. The van der Waals surface area contributed by atoms with E-state index in [1.54, 1.807) is 0 Å². The Balaban J connectivity index is 3.43. The van der Waals surface area contributed by atoms with E-state index in [-0.39, 0.29) is 0 Å². The molecule has 0 saturated heterocycles. The van der Waals surface area contributed by atoms with E-state index in [0.29, 0.717) is 0 Å².